The zero-order valence-corrected chi connectivity index (χ0v) is 24.0. The summed E-state index contributed by atoms with van der Waals surface area (Å²) in [6.45, 7) is 1.99. The second kappa shape index (κ2) is 12.0. The Labute approximate surface area is 253 Å². The molecule has 2 aromatic heterocycles. The van der Waals surface area contributed by atoms with Crippen molar-refractivity contribution in [2.24, 2.45) is 22.9 Å². The monoisotopic (exact) mass is 600 g/mol. The summed E-state index contributed by atoms with van der Waals surface area (Å²) in [7, 11) is 0. The number of H-pyrrole nitrogens is 1. The molecule has 230 valence electrons. The van der Waals surface area contributed by atoms with E-state index in [0.717, 1.165) is 5.52 Å². The van der Waals surface area contributed by atoms with Crippen molar-refractivity contribution in [2.45, 2.75) is 37.0 Å². The highest BCUT2D eigenvalue weighted by molar-refractivity contribution is 6.48. The molecule has 0 radical (unpaired) electrons. The van der Waals surface area contributed by atoms with Gasteiger partial charge in [0.2, 0.25) is 17.8 Å². The van der Waals surface area contributed by atoms with Gasteiger partial charge in [-0.25, -0.2) is 0 Å². The number of hydrogen-bond acceptors (Lipinski definition) is 13. The maximum Gasteiger partial charge on any atom is 0.296 e. The molecular weight excluding hydrogens is 564 g/mol. The van der Waals surface area contributed by atoms with Crippen LogP contribution in [0.5, 0.6) is 5.75 Å². The SMILES string of the molecule is NC[C@H]1C[C@@H](N)CN1c1nc(Nc2ccc(NC(=O)C(=O)c3c[nH]c4ccccc34)c(O)c2)nc(N2C[C@H](N)C[C@H](N)C2)n1. The van der Waals surface area contributed by atoms with Crippen LogP contribution in [0.1, 0.15) is 23.2 Å². The number of hydrogen-bond donors (Lipinski definition) is 8. The van der Waals surface area contributed by atoms with Crippen molar-refractivity contribution in [3.63, 3.8) is 0 Å². The molecule has 4 heterocycles. The van der Waals surface area contributed by atoms with Crippen LogP contribution in [0.15, 0.2) is 48.7 Å². The Bertz CT molecular complexity index is 1680. The molecule has 2 fully saturated rings. The number of aromatic nitrogens is 4. The minimum atomic E-state index is -0.881. The van der Waals surface area contributed by atoms with Crippen molar-refractivity contribution < 1.29 is 14.7 Å². The molecule has 0 bridgehead atoms. The maximum absolute atomic E-state index is 12.9. The number of fused-ring (bicyclic) bond motifs is 1. The highest BCUT2D eigenvalue weighted by Crippen LogP contribution is 2.30. The van der Waals surface area contributed by atoms with Crippen LogP contribution < -0.4 is 43.4 Å². The fourth-order valence-electron chi connectivity index (χ4n) is 5.85. The van der Waals surface area contributed by atoms with Crippen LogP contribution in [0.4, 0.5) is 29.2 Å². The number of aromatic hydroxyl groups is 1. The minimum absolute atomic E-state index is 0.0297. The first kappa shape index (κ1) is 29.3. The normalized spacial score (nSPS) is 21.9. The number of carbonyl (C=O) groups excluding carboxylic acids is 2. The van der Waals surface area contributed by atoms with Gasteiger partial charge in [0.15, 0.2) is 0 Å². The Morgan fingerprint density at radius 3 is 2.43 bits per heavy atom. The number of piperidine rings is 1. The average Bonchev–Trinajstić information content (AvgIpc) is 3.61. The quantitative estimate of drug-likeness (QED) is 0.0774. The smallest absolute Gasteiger partial charge is 0.296 e. The molecule has 0 aliphatic carbocycles. The number of nitrogens with one attached hydrogen (secondary N) is 3. The predicted molar refractivity (Wildman–Crippen MR) is 168 cm³/mol. The van der Waals surface area contributed by atoms with Gasteiger partial charge in [-0.3, -0.25) is 9.59 Å². The topological polar surface area (TPSA) is 243 Å². The number of ketones is 1. The number of rotatable bonds is 8. The predicted octanol–water partition coefficient (Wildman–Crippen LogP) is 0.353. The van der Waals surface area contributed by atoms with Crippen molar-refractivity contribution in [3.8, 4) is 5.75 Å². The van der Waals surface area contributed by atoms with Crippen LogP contribution in [-0.4, -0.2) is 87.1 Å². The molecule has 0 unspecified atom stereocenters. The Balaban J connectivity index is 1.23. The van der Waals surface area contributed by atoms with E-state index >= 15 is 0 Å². The van der Waals surface area contributed by atoms with E-state index in [9.17, 15) is 14.7 Å². The number of Topliss-reactive ketones (excluding diaryl/α,β-unsaturated/α-hetero) is 1. The molecule has 4 aromatic rings. The molecule has 2 aromatic carbocycles. The standard InChI is InChI=1S/C29H36N12O3/c30-10-19-8-17(33)14-41(19)29-38-27(37-28(39-29)40-12-15(31)7-16(32)13-40)35-18-5-6-23(24(42)9-18)36-26(44)25(43)21-11-34-22-4-2-1-3-20(21)22/h1-6,9,11,15-17,19,34,42H,7-8,10,12-14,30-33H2,(H,36,44)(H,35,37,38,39)/t15-,16+,17-,19-/m1/s1. The van der Waals surface area contributed by atoms with Gasteiger partial charge >= 0.3 is 0 Å². The molecule has 6 rings (SSSR count). The second-order valence-corrected chi connectivity index (χ2v) is 11.3. The second-order valence-electron chi connectivity index (χ2n) is 11.3. The molecule has 4 atom stereocenters. The van der Waals surface area contributed by atoms with E-state index in [0.29, 0.717) is 62.0 Å². The van der Waals surface area contributed by atoms with E-state index in [1.807, 2.05) is 21.9 Å². The van der Waals surface area contributed by atoms with Crippen molar-refractivity contribution in [1.29, 1.82) is 0 Å². The van der Waals surface area contributed by atoms with E-state index in [2.05, 4.69) is 25.6 Å². The third kappa shape index (κ3) is 5.98. The van der Waals surface area contributed by atoms with Crippen LogP contribution in [0.25, 0.3) is 10.9 Å². The molecule has 15 nitrogen and oxygen atoms in total. The number of aromatic amines is 1. The van der Waals surface area contributed by atoms with Crippen molar-refractivity contribution in [2.75, 3.05) is 46.6 Å². The van der Waals surface area contributed by atoms with E-state index in [4.69, 9.17) is 27.9 Å². The summed E-state index contributed by atoms with van der Waals surface area (Å²) < 4.78 is 0. The van der Waals surface area contributed by atoms with Gasteiger partial charge < -0.3 is 53.5 Å². The number of phenols is 1. The van der Waals surface area contributed by atoms with E-state index in [1.165, 1.54) is 18.3 Å². The fraction of sp³-hybridized carbons (Fsp3) is 0.345. The zero-order chi connectivity index (χ0) is 31.0. The van der Waals surface area contributed by atoms with Gasteiger partial charge in [-0.2, -0.15) is 15.0 Å². The zero-order valence-electron chi connectivity index (χ0n) is 24.0. The first-order chi connectivity index (χ1) is 21.2. The highest BCUT2D eigenvalue weighted by atomic mass is 16.3. The molecule has 2 aliphatic rings. The summed E-state index contributed by atoms with van der Waals surface area (Å²) in [5.41, 5.74) is 26.2. The number of anilines is 5. The Hall–Kier alpha value is -4.83. The molecule has 0 saturated carbocycles. The molecule has 12 N–H and O–H groups in total. The summed E-state index contributed by atoms with van der Waals surface area (Å²) in [4.78, 5) is 46.6. The number of phenolic OH excluding ortho intramolecular Hbond substituents is 1. The van der Waals surface area contributed by atoms with Crippen molar-refractivity contribution in [1.82, 2.24) is 19.9 Å². The molecule has 1 amide bonds. The number of nitrogens with two attached hydrogens (primary N) is 4. The van der Waals surface area contributed by atoms with Gasteiger partial charge in [0.25, 0.3) is 11.7 Å². The molecule has 2 aliphatic heterocycles. The lowest BCUT2D eigenvalue weighted by Gasteiger charge is -2.35. The summed E-state index contributed by atoms with van der Waals surface area (Å²) in [5.74, 6) is -0.829. The number of carbonyl (C=O) groups is 2. The summed E-state index contributed by atoms with van der Waals surface area (Å²) in [5, 5.41) is 17.0. The first-order valence-electron chi connectivity index (χ1n) is 14.4. The molecule has 44 heavy (non-hydrogen) atoms. The Kier molecular flexibility index (Phi) is 8.01. The molecule has 15 heteroatoms. The van der Waals surface area contributed by atoms with Gasteiger partial charge in [-0.15, -0.1) is 0 Å². The molecule has 2 saturated heterocycles. The number of amides is 1. The maximum atomic E-state index is 12.9. The lowest BCUT2D eigenvalue weighted by molar-refractivity contribution is -0.112. The molecule has 0 spiro atoms. The highest BCUT2D eigenvalue weighted by Gasteiger charge is 2.33. The van der Waals surface area contributed by atoms with E-state index in [1.54, 1.807) is 18.2 Å². The fourth-order valence-corrected chi connectivity index (χ4v) is 5.85. The average molecular weight is 601 g/mol. The first-order valence-corrected chi connectivity index (χ1v) is 14.4. The number of para-hydroxylation sites is 1. The van der Waals surface area contributed by atoms with Gasteiger partial charge in [-0.05, 0) is 31.0 Å². The van der Waals surface area contributed by atoms with Gasteiger partial charge in [0.1, 0.15) is 5.75 Å². The van der Waals surface area contributed by atoms with Crippen LogP contribution >= 0.6 is 0 Å². The third-order valence-electron chi connectivity index (χ3n) is 7.93. The number of nitrogens with zero attached hydrogens (tertiary/aromatic N) is 5. The summed E-state index contributed by atoms with van der Waals surface area (Å²) in [6.07, 6.45) is 2.91. The van der Waals surface area contributed by atoms with Gasteiger partial charge in [-0.1, -0.05) is 18.2 Å². The lowest BCUT2D eigenvalue weighted by atomic mass is 10.0. The minimum Gasteiger partial charge on any atom is -0.506 e. The van der Waals surface area contributed by atoms with Crippen LogP contribution in [-0.2, 0) is 4.79 Å². The van der Waals surface area contributed by atoms with Crippen LogP contribution in [0, 0.1) is 0 Å². The molecular formula is C29H36N12O3. The summed E-state index contributed by atoms with van der Waals surface area (Å²) >= 11 is 0. The number of benzene rings is 2. The van der Waals surface area contributed by atoms with Crippen molar-refractivity contribution >= 4 is 51.8 Å². The van der Waals surface area contributed by atoms with E-state index in [-0.39, 0.29) is 47.1 Å². The van der Waals surface area contributed by atoms with Crippen LogP contribution in [0.3, 0.4) is 0 Å². The third-order valence-corrected chi connectivity index (χ3v) is 7.93. The van der Waals surface area contributed by atoms with Crippen molar-refractivity contribution in [3.05, 3.63) is 54.2 Å². The van der Waals surface area contributed by atoms with Gasteiger partial charge in [0, 0.05) is 79.2 Å². The van der Waals surface area contributed by atoms with Gasteiger partial charge in [0.05, 0.1) is 11.3 Å². The van der Waals surface area contributed by atoms with E-state index < -0.39 is 11.7 Å². The van der Waals surface area contributed by atoms with Crippen LogP contribution in [0.2, 0.25) is 0 Å². The Morgan fingerprint density at radius 1 is 0.955 bits per heavy atom. The Morgan fingerprint density at radius 2 is 1.68 bits per heavy atom. The lowest BCUT2D eigenvalue weighted by Crippen LogP contribution is -2.53. The summed E-state index contributed by atoms with van der Waals surface area (Å²) in [6, 6.07) is 11.3. The largest absolute Gasteiger partial charge is 0.506 e.